The molecule has 0 aliphatic carbocycles. The van der Waals surface area contributed by atoms with Crippen molar-refractivity contribution in [2.24, 2.45) is 0 Å². The highest BCUT2D eigenvalue weighted by Gasteiger charge is 2.15. The molecule has 0 fully saturated rings. The topological polar surface area (TPSA) is 8.81 Å². The lowest BCUT2D eigenvalue weighted by molar-refractivity contribution is -0.704. The van der Waals surface area contributed by atoms with Gasteiger partial charge in [0.05, 0.1) is 13.1 Å². The van der Waals surface area contributed by atoms with Crippen molar-refractivity contribution in [1.29, 1.82) is 0 Å². The van der Waals surface area contributed by atoms with Gasteiger partial charge >= 0.3 is 0 Å². The van der Waals surface area contributed by atoms with Crippen LogP contribution in [-0.2, 0) is 19.5 Å². The summed E-state index contributed by atoms with van der Waals surface area (Å²) in [6.45, 7) is 9.21. The lowest BCUT2D eigenvalue weighted by Gasteiger charge is -2.06. The number of rotatable bonds is 23. The summed E-state index contributed by atoms with van der Waals surface area (Å²) in [6.07, 6.45) is 34.4. The highest BCUT2D eigenvalue weighted by atomic mass is 15.1. The number of aromatic nitrogens is 2. The van der Waals surface area contributed by atoms with Crippen LogP contribution in [0.25, 0.3) is 0 Å². The summed E-state index contributed by atoms with van der Waals surface area (Å²) in [4.78, 5) is 0. The fourth-order valence-corrected chi connectivity index (χ4v) is 4.82. The molecule has 0 N–H and O–H groups in total. The molecule has 1 aromatic rings. The summed E-state index contributed by atoms with van der Waals surface area (Å²) < 4.78 is 5.03. The number of aryl methyl sites for hydroxylation is 2. The Morgan fingerprint density at radius 3 is 1.42 bits per heavy atom. The molecule has 0 radical (unpaired) electrons. The predicted molar refractivity (Wildman–Crippen MR) is 138 cm³/mol. The van der Waals surface area contributed by atoms with Crippen molar-refractivity contribution in [1.82, 2.24) is 4.57 Å². The van der Waals surface area contributed by atoms with E-state index in [9.17, 15) is 0 Å². The summed E-state index contributed by atoms with van der Waals surface area (Å²) in [6, 6.07) is 0. The molecular weight excluding hydrogens is 376 g/mol. The molecule has 1 aromatic heterocycles. The van der Waals surface area contributed by atoms with Crippen molar-refractivity contribution in [3.05, 3.63) is 18.2 Å². The highest BCUT2D eigenvalue weighted by molar-refractivity contribution is 4.83. The second-order valence-corrected chi connectivity index (χ2v) is 9.81. The fourth-order valence-electron chi connectivity index (χ4n) is 4.82. The Bertz CT molecular complexity index is 491. The maximum atomic E-state index is 2.56. The molecule has 0 aliphatic rings. The van der Waals surface area contributed by atoms with E-state index in [0.717, 1.165) is 6.54 Å². The van der Waals surface area contributed by atoms with Gasteiger partial charge in [-0.3, -0.25) is 0 Å². The van der Waals surface area contributed by atoms with Crippen LogP contribution >= 0.6 is 0 Å². The molecule has 182 valence electrons. The quantitative estimate of drug-likeness (QED) is 0.120. The second-order valence-electron chi connectivity index (χ2n) is 9.81. The minimum atomic E-state index is 1.11. The van der Waals surface area contributed by atoms with E-state index in [2.05, 4.69) is 42.3 Å². The Kier molecular flexibility index (Phi) is 19.2. The van der Waals surface area contributed by atoms with E-state index in [1.165, 1.54) is 141 Å². The smallest absolute Gasteiger partial charge is 0.235 e. The Morgan fingerprint density at radius 2 is 0.968 bits per heavy atom. The fraction of sp³-hybridized carbons (Fsp3) is 0.897. The van der Waals surface area contributed by atoms with Crippen LogP contribution in [0.3, 0.4) is 0 Å². The molecule has 0 aliphatic heterocycles. The molecule has 0 saturated heterocycles. The largest absolute Gasteiger partial charge is 0.256 e. The van der Waals surface area contributed by atoms with Crippen LogP contribution in [-0.4, -0.2) is 4.57 Å². The molecule has 1 heterocycles. The molecule has 0 unspecified atom stereocenters. The first-order valence-corrected chi connectivity index (χ1v) is 14.4. The van der Waals surface area contributed by atoms with Gasteiger partial charge in [0.15, 0.2) is 0 Å². The Balaban J connectivity index is 2.08. The van der Waals surface area contributed by atoms with E-state index in [-0.39, 0.29) is 0 Å². The molecule has 2 nitrogen and oxygen atoms in total. The third-order valence-electron chi connectivity index (χ3n) is 6.94. The normalized spacial score (nSPS) is 11.5. The van der Waals surface area contributed by atoms with E-state index < -0.39 is 0 Å². The number of unbranched alkanes of at least 4 members (excludes halogenated alkanes) is 18. The first kappa shape index (κ1) is 28.2. The van der Waals surface area contributed by atoms with Crippen LogP contribution in [0.15, 0.2) is 12.4 Å². The molecule has 0 saturated carbocycles. The van der Waals surface area contributed by atoms with Gasteiger partial charge in [-0.1, -0.05) is 123 Å². The lowest BCUT2D eigenvalue weighted by atomic mass is 10.1. The zero-order chi connectivity index (χ0) is 22.4. The van der Waals surface area contributed by atoms with Crippen molar-refractivity contribution < 1.29 is 4.57 Å². The number of nitrogens with zero attached hydrogens (tertiary/aromatic N) is 2. The second kappa shape index (κ2) is 21.1. The van der Waals surface area contributed by atoms with Gasteiger partial charge in [0.2, 0.25) is 0 Å². The molecular formula is C29H57N2+. The summed E-state index contributed by atoms with van der Waals surface area (Å²) >= 11 is 0. The first-order valence-electron chi connectivity index (χ1n) is 14.4. The Labute approximate surface area is 196 Å². The van der Waals surface area contributed by atoms with E-state index in [1.54, 1.807) is 5.82 Å². The van der Waals surface area contributed by atoms with Gasteiger partial charge in [-0.25, -0.2) is 9.13 Å². The number of hydrogen-bond donors (Lipinski definition) is 0. The first-order chi connectivity index (χ1) is 15.3. The summed E-state index contributed by atoms with van der Waals surface area (Å²) in [5.41, 5.74) is 0. The third kappa shape index (κ3) is 14.8. The average Bonchev–Trinajstić information content (AvgIpc) is 3.18. The molecule has 31 heavy (non-hydrogen) atoms. The zero-order valence-corrected chi connectivity index (χ0v) is 21.8. The van der Waals surface area contributed by atoms with Gasteiger partial charge in [0.25, 0.3) is 5.82 Å². The Hall–Kier alpha value is -0.790. The van der Waals surface area contributed by atoms with Crippen LogP contribution in [0.5, 0.6) is 0 Å². The number of hydrogen-bond acceptors (Lipinski definition) is 0. The van der Waals surface area contributed by atoms with Crippen LogP contribution in [0.1, 0.15) is 155 Å². The molecule has 1 rings (SSSR count). The molecule has 0 spiro atoms. The summed E-state index contributed by atoms with van der Waals surface area (Å²) in [5.74, 6) is 1.57. The zero-order valence-electron chi connectivity index (χ0n) is 21.8. The van der Waals surface area contributed by atoms with Crippen molar-refractivity contribution in [3.8, 4) is 0 Å². The van der Waals surface area contributed by atoms with E-state index in [1.807, 2.05) is 0 Å². The average molecular weight is 434 g/mol. The Morgan fingerprint density at radius 1 is 0.548 bits per heavy atom. The van der Waals surface area contributed by atoms with Gasteiger partial charge in [-0.05, 0) is 26.2 Å². The minimum absolute atomic E-state index is 1.11. The van der Waals surface area contributed by atoms with Gasteiger partial charge in [0.1, 0.15) is 12.4 Å². The van der Waals surface area contributed by atoms with Crippen LogP contribution < -0.4 is 4.57 Å². The molecule has 0 amide bonds. The predicted octanol–water partition coefficient (Wildman–Crippen LogP) is 9.18. The van der Waals surface area contributed by atoms with E-state index in [4.69, 9.17) is 0 Å². The molecule has 0 aromatic carbocycles. The maximum absolute atomic E-state index is 2.56. The molecule has 2 heteroatoms. The third-order valence-corrected chi connectivity index (χ3v) is 6.94. The number of imidazole rings is 1. The van der Waals surface area contributed by atoms with Crippen molar-refractivity contribution in [3.63, 3.8) is 0 Å². The molecule has 0 bridgehead atoms. The SMILES string of the molecule is CCCCCCCCCCCCCC[n+]1ccn(CC)c1CCCCCCCCCC. The van der Waals surface area contributed by atoms with Gasteiger partial charge in [-0.2, -0.15) is 0 Å². The van der Waals surface area contributed by atoms with Crippen molar-refractivity contribution in [2.45, 2.75) is 169 Å². The summed E-state index contributed by atoms with van der Waals surface area (Å²) in [5, 5.41) is 0. The summed E-state index contributed by atoms with van der Waals surface area (Å²) in [7, 11) is 0. The monoisotopic (exact) mass is 433 g/mol. The van der Waals surface area contributed by atoms with Crippen LogP contribution in [0.2, 0.25) is 0 Å². The van der Waals surface area contributed by atoms with E-state index >= 15 is 0 Å². The van der Waals surface area contributed by atoms with Gasteiger partial charge in [0, 0.05) is 6.42 Å². The van der Waals surface area contributed by atoms with Crippen molar-refractivity contribution in [2.75, 3.05) is 0 Å². The van der Waals surface area contributed by atoms with E-state index in [0.29, 0.717) is 0 Å². The lowest BCUT2D eigenvalue weighted by Crippen LogP contribution is -2.37. The van der Waals surface area contributed by atoms with Gasteiger partial charge in [-0.15, -0.1) is 0 Å². The van der Waals surface area contributed by atoms with Gasteiger partial charge < -0.3 is 0 Å². The molecule has 0 atom stereocenters. The highest BCUT2D eigenvalue weighted by Crippen LogP contribution is 2.13. The van der Waals surface area contributed by atoms with Crippen LogP contribution in [0, 0.1) is 0 Å². The minimum Gasteiger partial charge on any atom is -0.235 e. The van der Waals surface area contributed by atoms with Crippen molar-refractivity contribution >= 4 is 0 Å². The standard InChI is InChI=1S/C29H57N2/c1-4-7-9-11-13-15-16-17-18-20-22-24-26-31-28-27-30(6-3)29(31)25-23-21-19-14-12-10-8-5-2/h27-28H,4-26H2,1-3H3/q+1. The van der Waals surface area contributed by atoms with Crippen LogP contribution in [0.4, 0.5) is 0 Å². The maximum Gasteiger partial charge on any atom is 0.256 e.